The van der Waals surface area contributed by atoms with Crippen LogP contribution in [0.15, 0.2) is 42.6 Å². The van der Waals surface area contributed by atoms with E-state index in [0.29, 0.717) is 21.9 Å². The van der Waals surface area contributed by atoms with Crippen molar-refractivity contribution in [3.8, 4) is 11.5 Å². The molecular formula is C23H19ClF3N3O3. The summed E-state index contributed by atoms with van der Waals surface area (Å²) in [5, 5.41) is 2.96. The van der Waals surface area contributed by atoms with Crippen LogP contribution in [0.25, 0.3) is 0 Å². The smallest absolute Gasteiger partial charge is 0.416 e. The molecule has 172 valence electrons. The highest BCUT2D eigenvalue weighted by Gasteiger charge is 2.35. The van der Waals surface area contributed by atoms with Gasteiger partial charge in [0.05, 0.1) is 11.1 Å². The van der Waals surface area contributed by atoms with Gasteiger partial charge in [-0.15, -0.1) is 0 Å². The van der Waals surface area contributed by atoms with Gasteiger partial charge in [0.2, 0.25) is 0 Å². The molecule has 1 aromatic heterocycles. The Morgan fingerprint density at radius 3 is 2.27 bits per heavy atom. The lowest BCUT2D eigenvalue weighted by molar-refractivity contribution is -0.138. The van der Waals surface area contributed by atoms with Gasteiger partial charge in [-0.2, -0.15) is 13.2 Å². The van der Waals surface area contributed by atoms with Crippen molar-refractivity contribution in [2.75, 3.05) is 5.32 Å². The highest BCUT2D eigenvalue weighted by molar-refractivity contribution is 6.30. The normalized spacial score (nSPS) is 11.2. The monoisotopic (exact) mass is 477 g/mol. The van der Waals surface area contributed by atoms with Crippen molar-refractivity contribution in [2.45, 2.75) is 26.9 Å². The van der Waals surface area contributed by atoms with E-state index >= 15 is 0 Å². The third kappa shape index (κ3) is 5.25. The van der Waals surface area contributed by atoms with E-state index in [-0.39, 0.29) is 28.3 Å². The Labute approximate surface area is 192 Å². The fourth-order valence-corrected chi connectivity index (χ4v) is 3.69. The Morgan fingerprint density at radius 2 is 1.70 bits per heavy atom. The number of carbonyl (C=O) groups is 2. The van der Waals surface area contributed by atoms with Gasteiger partial charge in [0.25, 0.3) is 11.8 Å². The zero-order valence-corrected chi connectivity index (χ0v) is 18.6. The lowest BCUT2D eigenvalue weighted by Crippen LogP contribution is -2.19. The average molecular weight is 478 g/mol. The molecule has 0 fully saturated rings. The maximum Gasteiger partial charge on any atom is 0.416 e. The number of hydrogen-bond donors (Lipinski definition) is 2. The number of nitrogens with zero attached hydrogens (tertiary/aromatic N) is 1. The van der Waals surface area contributed by atoms with Gasteiger partial charge in [0.15, 0.2) is 0 Å². The van der Waals surface area contributed by atoms with Crippen LogP contribution in [0.3, 0.4) is 0 Å². The van der Waals surface area contributed by atoms with Gasteiger partial charge < -0.3 is 15.8 Å². The Hall–Kier alpha value is -3.59. The van der Waals surface area contributed by atoms with Gasteiger partial charge in [0, 0.05) is 16.9 Å². The van der Waals surface area contributed by atoms with Gasteiger partial charge in [-0.25, -0.2) is 0 Å². The molecule has 2 aromatic carbocycles. The zero-order chi connectivity index (χ0) is 24.5. The number of nitrogens with two attached hydrogens (primary N) is 1. The number of anilines is 1. The topological polar surface area (TPSA) is 94.3 Å². The molecule has 0 aliphatic rings. The summed E-state index contributed by atoms with van der Waals surface area (Å²) in [5.74, 6) is -1.39. The number of primary amides is 1. The van der Waals surface area contributed by atoms with E-state index in [0.717, 1.165) is 12.1 Å². The van der Waals surface area contributed by atoms with Crippen LogP contribution in [0.5, 0.6) is 11.5 Å². The molecule has 33 heavy (non-hydrogen) atoms. The van der Waals surface area contributed by atoms with E-state index in [9.17, 15) is 22.8 Å². The van der Waals surface area contributed by atoms with Crippen LogP contribution < -0.4 is 15.8 Å². The van der Waals surface area contributed by atoms with Crippen LogP contribution in [0.4, 0.5) is 18.9 Å². The third-order valence-corrected chi connectivity index (χ3v) is 5.08. The van der Waals surface area contributed by atoms with Crippen LogP contribution in [0, 0.1) is 20.8 Å². The highest BCUT2D eigenvalue weighted by atomic mass is 35.5. The summed E-state index contributed by atoms with van der Waals surface area (Å²) < 4.78 is 46.6. The standard InChI is InChI=1S/C23H19ClF3N3O3/c1-11-8-14(24)9-12(2)20(11)33-18-5-4-16(23(25,26)27)13(3)19(18)22(32)30-15-6-7-29-17(10-15)21(28)31/h4-10H,1-3H3,(H2,28,31)(H,29,30,32). The van der Waals surface area contributed by atoms with Crippen LogP contribution in [0.2, 0.25) is 5.02 Å². The minimum Gasteiger partial charge on any atom is -0.456 e. The largest absolute Gasteiger partial charge is 0.456 e. The van der Waals surface area contributed by atoms with E-state index in [1.54, 1.807) is 26.0 Å². The Bertz CT molecular complexity index is 1240. The number of aromatic nitrogens is 1. The number of pyridine rings is 1. The molecule has 0 saturated heterocycles. The predicted molar refractivity (Wildman–Crippen MR) is 118 cm³/mol. The number of carbonyl (C=O) groups excluding carboxylic acids is 2. The number of benzene rings is 2. The Balaban J connectivity index is 2.10. The molecule has 0 spiro atoms. The van der Waals surface area contributed by atoms with Gasteiger partial charge >= 0.3 is 6.18 Å². The number of ether oxygens (including phenoxy) is 1. The van der Waals surface area contributed by atoms with Crippen molar-refractivity contribution >= 4 is 29.1 Å². The number of amides is 2. The van der Waals surface area contributed by atoms with Gasteiger partial charge in [-0.05, 0) is 73.9 Å². The lowest BCUT2D eigenvalue weighted by atomic mass is 9.99. The third-order valence-electron chi connectivity index (χ3n) is 4.87. The number of halogens is 4. The van der Waals surface area contributed by atoms with Gasteiger partial charge in [-0.3, -0.25) is 14.6 Å². The van der Waals surface area contributed by atoms with E-state index in [2.05, 4.69) is 10.3 Å². The van der Waals surface area contributed by atoms with Crippen LogP contribution in [0.1, 0.15) is 43.1 Å². The minimum atomic E-state index is -4.68. The van der Waals surface area contributed by atoms with Crippen LogP contribution in [-0.2, 0) is 6.18 Å². The first kappa shape index (κ1) is 24.1. The van der Waals surface area contributed by atoms with E-state index < -0.39 is 23.6 Å². The molecule has 2 amide bonds. The summed E-state index contributed by atoms with van der Waals surface area (Å²) in [7, 11) is 0. The molecule has 0 atom stereocenters. The zero-order valence-electron chi connectivity index (χ0n) is 17.8. The number of rotatable bonds is 5. The molecule has 10 heteroatoms. The maximum atomic E-state index is 13.5. The molecule has 1 heterocycles. The molecule has 0 bridgehead atoms. The van der Waals surface area contributed by atoms with E-state index in [4.69, 9.17) is 22.1 Å². The number of alkyl halides is 3. The van der Waals surface area contributed by atoms with Crippen molar-refractivity contribution in [3.63, 3.8) is 0 Å². The maximum absolute atomic E-state index is 13.5. The SMILES string of the molecule is Cc1cc(Cl)cc(C)c1Oc1ccc(C(F)(F)F)c(C)c1C(=O)Nc1ccnc(C(N)=O)c1. The summed E-state index contributed by atoms with van der Waals surface area (Å²) in [6.07, 6.45) is -3.44. The first-order valence-electron chi connectivity index (χ1n) is 9.61. The fraction of sp³-hybridized carbons (Fsp3) is 0.174. The quantitative estimate of drug-likeness (QED) is 0.484. The molecule has 0 saturated carbocycles. The summed E-state index contributed by atoms with van der Waals surface area (Å²) in [4.78, 5) is 28.2. The van der Waals surface area contributed by atoms with Gasteiger partial charge in [0.1, 0.15) is 17.2 Å². The molecule has 3 aromatic rings. The predicted octanol–water partition coefficient (Wildman–Crippen LogP) is 5.82. The average Bonchev–Trinajstić information content (AvgIpc) is 2.69. The van der Waals surface area contributed by atoms with E-state index in [1.165, 1.54) is 25.3 Å². The van der Waals surface area contributed by atoms with E-state index in [1.807, 2.05) is 0 Å². The van der Waals surface area contributed by atoms with Crippen LogP contribution >= 0.6 is 11.6 Å². The van der Waals surface area contributed by atoms with Gasteiger partial charge in [-0.1, -0.05) is 11.6 Å². The van der Waals surface area contributed by atoms with Crippen molar-refractivity contribution in [1.82, 2.24) is 4.98 Å². The lowest BCUT2D eigenvalue weighted by Gasteiger charge is -2.19. The van der Waals surface area contributed by atoms with Crippen molar-refractivity contribution in [1.29, 1.82) is 0 Å². The van der Waals surface area contributed by atoms with Crippen molar-refractivity contribution < 1.29 is 27.5 Å². The number of nitrogens with one attached hydrogen (secondary N) is 1. The summed E-state index contributed by atoms with van der Waals surface area (Å²) >= 11 is 6.05. The second-order valence-electron chi connectivity index (χ2n) is 7.33. The Kier molecular flexibility index (Phi) is 6.64. The van der Waals surface area contributed by atoms with Crippen molar-refractivity contribution in [3.05, 3.63) is 81.1 Å². The number of hydrogen-bond acceptors (Lipinski definition) is 4. The molecule has 0 aliphatic heterocycles. The molecule has 0 aliphatic carbocycles. The molecule has 3 N–H and O–H groups in total. The fourth-order valence-electron chi connectivity index (χ4n) is 3.37. The second-order valence-corrected chi connectivity index (χ2v) is 7.76. The minimum absolute atomic E-state index is 0.0734. The molecular weight excluding hydrogens is 459 g/mol. The van der Waals surface area contributed by atoms with Crippen molar-refractivity contribution in [2.24, 2.45) is 5.73 Å². The second kappa shape index (κ2) is 9.11. The molecule has 6 nitrogen and oxygen atoms in total. The highest BCUT2D eigenvalue weighted by Crippen LogP contribution is 2.39. The molecule has 3 rings (SSSR count). The summed E-state index contributed by atoms with van der Waals surface area (Å²) in [6.45, 7) is 4.65. The summed E-state index contributed by atoms with van der Waals surface area (Å²) in [5.41, 5.74) is 4.90. The number of aryl methyl sites for hydroxylation is 2. The summed E-state index contributed by atoms with van der Waals surface area (Å²) in [6, 6.07) is 7.84. The van der Waals surface area contributed by atoms with Crippen LogP contribution in [-0.4, -0.2) is 16.8 Å². The molecule has 0 radical (unpaired) electrons. The first-order valence-corrected chi connectivity index (χ1v) is 9.99. The Morgan fingerprint density at radius 1 is 1.06 bits per heavy atom. The first-order chi connectivity index (χ1) is 15.4. The molecule has 0 unspecified atom stereocenters.